The van der Waals surface area contributed by atoms with E-state index in [4.69, 9.17) is 0 Å². The fourth-order valence-corrected chi connectivity index (χ4v) is 3.66. The highest BCUT2D eigenvalue weighted by Gasteiger charge is 2.39. The summed E-state index contributed by atoms with van der Waals surface area (Å²) in [6.07, 6.45) is 6.17. The maximum Gasteiger partial charge on any atom is 0.0445 e. The molecular weight excluding hydrogens is 212 g/mol. The van der Waals surface area contributed by atoms with Crippen molar-refractivity contribution in [3.63, 3.8) is 0 Å². The number of aliphatic hydroxyl groups is 1. The maximum absolute atomic E-state index is 9.23. The van der Waals surface area contributed by atoms with Gasteiger partial charge in [0.1, 0.15) is 0 Å². The Morgan fingerprint density at radius 3 is 2.82 bits per heavy atom. The summed E-state index contributed by atoms with van der Waals surface area (Å²) >= 11 is 0. The van der Waals surface area contributed by atoms with Gasteiger partial charge in [0.05, 0.1) is 0 Å². The molecule has 2 aliphatic heterocycles. The normalized spacial score (nSPS) is 34.8. The molecule has 0 spiro atoms. The molecular formula is C14H28N2O. The second kappa shape index (κ2) is 5.68. The van der Waals surface area contributed by atoms with Crippen LogP contribution in [0.25, 0.3) is 0 Å². The fraction of sp³-hybridized carbons (Fsp3) is 1.00. The van der Waals surface area contributed by atoms with Gasteiger partial charge in [0.25, 0.3) is 0 Å². The Kier molecular flexibility index (Phi) is 4.45. The van der Waals surface area contributed by atoms with Gasteiger partial charge in [-0.3, -0.25) is 4.90 Å². The van der Waals surface area contributed by atoms with E-state index in [1.807, 2.05) is 0 Å². The first kappa shape index (κ1) is 13.3. The van der Waals surface area contributed by atoms with Gasteiger partial charge in [0, 0.05) is 25.2 Å². The van der Waals surface area contributed by atoms with Crippen molar-refractivity contribution < 1.29 is 5.11 Å². The van der Waals surface area contributed by atoms with Gasteiger partial charge in [0.15, 0.2) is 0 Å². The van der Waals surface area contributed by atoms with Crippen LogP contribution in [0.1, 0.15) is 46.0 Å². The lowest BCUT2D eigenvalue weighted by Gasteiger charge is -2.50. The predicted molar refractivity (Wildman–Crippen MR) is 71.1 cm³/mol. The Morgan fingerprint density at radius 2 is 2.12 bits per heavy atom. The summed E-state index contributed by atoms with van der Waals surface area (Å²) in [6.45, 7) is 8.62. The van der Waals surface area contributed by atoms with Crippen molar-refractivity contribution in [2.45, 2.75) is 58.0 Å². The van der Waals surface area contributed by atoms with Gasteiger partial charge >= 0.3 is 0 Å². The molecule has 2 rings (SSSR count). The van der Waals surface area contributed by atoms with E-state index in [0.717, 1.165) is 19.5 Å². The molecule has 2 aliphatic rings. The standard InChI is InChI=1S/C14H28N2O/c1-14(2)11-15-8-6-13(14)16-9-4-3-5-12(16)7-10-17/h12-13,15,17H,3-11H2,1-2H3. The third-order valence-corrected chi connectivity index (χ3v) is 4.61. The van der Waals surface area contributed by atoms with Crippen molar-refractivity contribution >= 4 is 0 Å². The molecule has 2 fully saturated rings. The molecule has 100 valence electrons. The average molecular weight is 240 g/mol. The van der Waals surface area contributed by atoms with Gasteiger partial charge in [-0.05, 0) is 44.2 Å². The lowest BCUT2D eigenvalue weighted by atomic mass is 9.77. The Hall–Kier alpha value is -0.120. The minimum atomic E-state index is 0.340. The number of rotatable bonds is 3. The van der Waals surface area contributed by atoms with Crippen molar-refractivity contribution in [1.82, 2.24) is 10.2 Å². The van der Waals surface area contributed by atoms with Crippen LogP contribution in [0.3, 0.4) is 0 Å². The van der Waals surface area contributed by atoms with E-state index in [0.29, 0.717) is 24.1 Å². The summed E-state index contributed by atoms with van der Waals surface area (Å²) in [7, 11) is 0. The topological polar surface area (TPSA) is 35.5 Å². The summed E-state index contributed by atoms with van der Waals surface area (Å²) in [5, 5.41) is 12.7. The van der Waals surface area contributed by atoms with E-state index in [1.54, 1.807) is 0 Å². The number of hydrogen-bond acceptors (Lipinski definition) is 3. The number of aliphatic hydroxyl groups excluding tert-OH is 1. The third-order valence-electron chi connectivity index (χ3n) is 4.61. The molecule has 17 heavy (non-hydrogen) atoms. The van der Waals surface area contributed by atoms with Gasteiger partial charge in [-0.15, -0.1) is 0 Å². The summed E-state index contributed by atoms with van der Waals surface area (Å²) in [5.74, 6) is 0. The quantitative estimate of drug-likeness (QED) is 0.787. The second-order valence-electron chi connectivity index (χ2n) is 6.37. The zero-order chi connectivity index (χ0) is 12.3. The van der Waals surface area contributed by atoms with Crippen LogP contribution in [0.5, 0.6) is 0 Å². The van der Waals surface area contributed by atoms with Crippen LogP contribution in [0.15, 0.2) is 0 Å². The summed E-state index contributed by atoms with van der Waals surface area (Å²) < 4.78 is 0. The maximum atomic E-state index is 9.23. The Morgan fingerprint density at radius 1 is 1.29 bits per heavy atom. The monoisotopic (exact) mass is 240 g/mol. The molecule has 0 bridgehead atoms. The molecule has 0 aromatic carbocycles. The highest BCUT2D eigenvalue weighted by Crippen LogP contribution is 2.34. The van der Waals surface area contributed by atoms with Crippen molar-refractivity contribution in [2.24, 2.45) is 5.41 Å². The van der Waals surface area contributed by atoms with Crippen LogP contribution in [-0.2, 0) is 0 Å². The van der Waals surface area contributed by atoms with Crippen molar-refractivity contribution in [3.8, 4) is 0 Å². The number of likely N-dealkylation sites (tertiary alicyclic amines) is 1. The third kappa shape index (κ3) is 3.01. The first-order chi connectivity index (χ1) is 8.15. The van der Waals surface area contributed by atoms with Crippen LogP contribution in [-0.4, -0.2) is 48.3 Å². The largest absolute Gasteiger partial charge is 0.396 e. The van der Waals surface area contributed by atoms with Crippen molar-refractivity contribution in [2.75, 3.05) is 26.2 Å². The lowest BCUT2D eigenvalue weighted by molar-refractivity contribution is 0.000197. The molecule has 2 atom stereocenters. The molecule has 2 heterocycles. The van der Waals surface area contributed by atoms with Crippen LogP contribution in [0.2, 0.25) is 0 Å². The van der Waals surface area contributed by atoms with Gasteiger partial charge < -0.3 is 10.4 Å². The molecule has 0 aromatic rings. The molecule has 3 nitrogen and oxygen atoms in total. The Labute approximate surface area is 106 Å². The van der Waals surface area contributed by atoms with Crippen LogP contribution in [0.4, 0.5) is 0 Å². The number of nitrogens with zero attached hydrogens (tertiary/aromatic N) is 1. The fourth-order valence-electron chi connectivity index (χ4n) is 3.66. The molecule has 0 aliphatic carbocycles. The van der Waals surface area contributed by atoms with E-state index in [1.165, 1.54) is 32.2 Å². The zero-order valence-electron chi connectivity index (χ0n) is 11.4. The number of piperidine rings is 2. The smallest absolute Gasteiger partial charge is 0.0445 e. The first-order valence-electron chi connectivity index (χ1n) is 7.22. The van der Waals surface area contributed by atoms with E-state index in [2.05, 4.69) is 24.1 Å². The van der Waals surface area contributed by atoms with Crippen LogP contribution >= 0.6 is 0 Å². The minimum Gasteiger partial charge on any atom is -0.396 e. The van der Waals surface area contributed by atoms with E-state index in [9.17, 15) is 5.11 Å². The minimum absolute atomic E-state index is 0.340. The summed E-state index contributed by atoms with van der Waals surface area (Å²) in [6, 6.07) is 1.32. The summed E-state index contributed by atoms with van der Waals surface area (Å²) in [4.78, 5) is 2.71. The number of hydrogen-bond donors (Lipinski definition) is 2. The zero-order valence-corrected chi connectivity index (χ0v) is 11.4. The molecule has 0 amide bonds. The Bertz CT molecular complexity index is 240. The molecule has 2 unspecified atom stereocenters. The molecule has 0 radical (unpaired) electrons. The van der Waals surface area contributed by atoms with Crippen molar-refractivity contribution in [3.05, 3.63) is 0 Å². The van der Waals surface area contributed by atoms with E-state index in [-0.39, 0.29) is 0 Å². The van der Waals surface area contributed by atoms with Crippen molar-refractivity contribution in [1.29, 1.82) is 0 Å². The van der Waals surface area contributed by atoms with Gasteiger partial charge in [-0.2, -0.15) is 0 Å². The highest BCUT2D eigenvalue weighted by molar-refractivity contribution is 4.95. The lowest BCUT2D eigenvalue weighted by Crippen LogP contribution is -2.58. The first-order valence-corrected chi connectivity index (χ1v) is 7.22. The average Bonchev–Trinajstić information content (AvgIpc) is 2.30. The van der Waals surface area contributed by atoms with E-state index < -0.39 is 0 Å². The molecule has 0 aromatic heterocycles. The second-order valence-corrected chi connectivity index (χ2v) is 6.37. The predicted octanol–water partition coefficient (Wildman–Crippen LogP) is 1.61. The molecule has 2 saturated heterocycles. The molecule has 3 heteroatoms. The molecule has 2 N–H and O–H groups in total. The van der Waals surface area contributed by atoms with Gasteiger partial charge in [-0.25, -0.2) is 0 Å². The SMILES string of the molecule is CC1(C)CNCCC1N1CCCCC1CCO. The Balaban J connectivity index is 2.06. The number of nitrogens with one attached hydrogen (secondary N) is 1. The van der Waals surface area contributed by atoms with Crippen LogP contribution < -0.4 is 5.32 Å². The summed E-state index contributed by atoms with van der Waals surface area (Å²) in [5.41, 5.74) is 0.364. The molecule has 0 saturated carbocycles. The van der Waals surface area contributed by atoms with Gasteiger partial charge in [-0.1, -0.05) is 20.3 Å². The highest BCUT2D eigenvalue weighted by atomic mass is 16.3. The van der Waals surface area contributed by atoms with E-state index >= 15 is 0 Å². The van der Waals surface area contributed by atoms with Gasteiger partial charge in [0.2, 0.25) is 0 Å². The van der Waals surface area contributed by atoms with Crippen LogP contribution in [0, 0.1) is 5.41 Å².